The molecule has 0 saturated heterocycles. The Morgan fingerprint density at radius 1 is 1.17 bits per heavy atom. The molecule has 1 aromatic heterocycles. The monoisotopic (exact) mass is 258 g/mol. The molecule has 1 unspecified atom stereocenters. The summed E-state index contributed by atoms with van der Waals surface area (Å²) >= 11 is 6.00. The van der Waals surface area contributed by atoms with Gasteiger partial charge in [-0.2, -0.15) is 0 Å². The first-order valence-electron chi connectivity index (χ1n) is 6.25. The van der Waals surface area contributed by atoms with Crippen molar-refractivity contribution in [3.8, 4) is 0 Å². The van der Waals surface area contributed by atoms with Crippen LogP contribution in [0.3, 0.4) is 0 Å². The first-order valence-corrected chi connectivity index (χ1v) is 6.63. The molecule has 2 heterocycles. The number of aryl methyl sites for hydroxylation is 1. The molecule has 0 saturated carbocycles. The standard InChI is InChI=1S/C15H15ClN2/c1-11-9-10-12-5-2-3-6-13(12)18(11)15-8-4-7-14(16)17-15/h2-8,11H,9-10H2,1H3. The van der Waals surface area contributed by atoms with E-state index in [1.54, 1.807) is 0 Å². The Bertz CT molecular complexity index is 568. The summed E-state index contributed by atoms with van der Waals surface area (Å²) in [7, 11) is 0. The molecule has 3 rings (SSSR count). The molecular formula is C15H15ClN2. The van der Waals surface area contributed by atoms with Crippen molar-refractivity contribution in [2.45, 2.75) is 25.8 Å². The third kappa shape index (κ3) is 1.97. The molecule has 2 nitrogen and oxygen atoms in total. The second kappa shape index (κ2) is 4.62. The number of hydrogen-bond acceptors (Lipinski definition) is 2. The summed E-state index contributed by atoms with van der Waals surface area (Å²) in [5.74, 6) is 0.933. The van der Waals surface area contributed by atoms with Crippen LogP contribution in [-0.4, -0.2) is 11.0 Å². The molecule has 0 fully saturated rings. The summed E-state index contributed by atoms with van der Waals surface area (Å²) < 4.78 is 0. The SMILES string of the molecule is CC1CCc2ccccc2N1c1cccc(Cl)n1. The third-order valence-corrected chi connectivity index (χ3v) is 3.68. The highest BCUT2D eigenvalue weighted by Gasteiger charge is 2.24. The van der Waals surface area contributed by atoms with Crippen molar-refractivity contribution >= 4 is 23.1 Å². The molecule has 18 heavy (non-hydrogen) atoms. The highest BCUT2D eigenvalue weighted by atomic mass is 35.5. The summed E-state index contributed by atoms with van der Waals surface area (Å²) in [6.45, 7) is 2.23. The normalized spacial score (nSPS) is 18.6. The molecular weight excluding hydrogens is 244 g/mol. The van der Waals surface area contributed by atoms with Crippen molar-refractivity contribution in [1.29, 1.82) is 0 Å². The third-order valence-electron chi connectivity index (χ3n) is 3.47. The van der Waals surface area contributed by atoms with Gasteiger partial charge in [-0.1, -0.05) is 35.9 Å². The highest BCUT2D eigenvalue weighted by Crippen LogP contribution is 2.35. The van der Waals surface area contributed by atoms with E-state index in [1.165, 1.54) is 11.3 Å². The van der Waals surface area contributed by atoms with E-state index in [0.29, 0.717) is 11.2 Å². The minimum absolute atomic E-state index is 0.450. The largest absolute Gasteiger partial charge is 0.323 e. The van der Waals surface area contributed by atoms with Crippen LogP contribution >= 0.6 is 11.6 Å². The van der Waals surface area contributed by atoms with Crippen molar-refractivity contribution < 1.29 is 0 Å². The fraction of sp³-hybridized carbons (Fsp3) is 0.267. The lowest BCUT2D eigenvalue weighted by Crippen LogP contribution is -2.33. The van der Waals surface area contributed by atoms with E-state index >= 15 is 0 Å². The summed E-state index contributed by atoms with van der Waals surface area (Å²) in [6.07, 6.45) is 2.28. The van der Waals surface area contributed by atoms with Crippen LogP contribution in [0.25, 0.3) is 0 Å². The average molecular weight is 259 g/mol. The van der Waals surface area contributed by atoms with Crippen LogP contribution in [0.1, 0.15) is 18.9 Å². The maximum atomic E-state index is 6.00. The fourth-order valence-electron chi connectivity index (χ4n) is 2.57. The number of rotatable bonds is 1. The number of aromatic nitrogens is 1. The molecule has 1 aliphatic rings. The van der Waals surface area contributed by atoms with E-state index in [4.69, 9.17) is 11.6 Å². The van der Waals surface area contributed by atoms with Crippen molar-refractivity contribution in [3.05, 3.63) is 53.2 Å². The minimum Gasteiger partial charge on any atom is -0.323 e. The van der Waals surface area contributed by atoms with E-state index in [2.05, 4.69) is 41.1 Å². The van der Waals surface area contributed by atoms with Crippen LogP contribution in [0.5, 0.6) is 0 Å². The Labute approximate surface area is 112 Å². The summed E-state index contributed by atoms with van der Waals surface area (Å²) in [6, 6.07) is 14.8. The van der Waals surface area contributed by atoms with Crippen LogP contribution in [0.2, 0.25) is 5.15 Å². The second-order valence-corrected chi connectivity index (χ2v) is 5.09. The highest BCUT2D eigenvalue weighted by molar-refractivity contribution is 6.29. The van der Waals surface area contributed by atoms with Gasteiger partial charge in [-0.3, -0.25) is 0 Å². The predicted molar refractivity (Wildman–Crippen MR) is 75.6 cm³/mol. The summed E-state index contributed by atoms with van der Waals surface area (Å²) in [5.41, 5.74) is 2.64. The van der Waals surface area contributed by atoms with Gasteiger partial charge >= 0.3 is 0 Å². The van der Waals surface area contributed by atoms with E-state index in [-0.39, 0.29) is 0 Å². The van der Waals surface area contributed by atoms with Gasteiger partial charge in [-0.15, -0.1) is 0 Å². The number of benzene rings is 1. The molecule has 0 spiro atoms. The Morgan fingerprint density at radius 2 is 2.00 bits per heavy atom. The van der Waals surface area contributed by atoms with Gasteiger partial charge in [0.25, 0.3) is 0 Å². The van der Waals surface area contributed by atoms with Crippen molar-refractivity contribution in [1.82, 2.24) is 4.98 Å². The molecule has 2 aromatic rings. The number of para-hydroxylation sites is 1. The smallest absolute Gasteiger partial charge is 0.134 e. The second-order valence-electron chi connectivity index (χ2n) is 4.70. The topological polar surface area (TPSA) is 16.1 Å². The van der Waals surface area contributed by atoms with E-state index in [1.807, 2.05) is 18.2 Å². The van der Waals surface area contributed by atoms with Gasteiger partial charge in [0, 0.05) is 11.7 Å². The summed E-state index contributed by atoms with van der Waals surface area (Å²) in [5, 5.41) is 0.544. The molecule has 1 atom stereocenters. The first kappa shape index (κ1) is 11.5. The van der Waals surface area contributed by atoms with E-state index in [9.17, 15) is 0 Å². The molecule has 0 aliphatic carbocycles. The number of fused-ring (bicyclic) bond motifs is 1. The molecule has 0 N–H and O–H groups in total. The zero-order chi connectivity index (χ0) is 12.5. The van der Waals surface area contributed by atoms with Crippen LogP contribution in [-0.2, 0) is 6.42 Å². The maximum absolute atomic E-state index is 6.00. The number of nitrogens with zero attached hydrogens (tertiary/aromatic N) is 2. The Hall–Kier alpha value is -1.54. The molecule has 3 heteroatoms. The molecule has 92 valence electrons. The maximum Gasteiger partial charge on any atom is 0.134 e. The van der Waals surface area contributed by atoms with Gasteiger partial charge in [0.15, 0.2) is 0 Å². The van der Waals surface area contributed by atoms with E-state index in [0.717, 1.165) is 18.7 Å². The quantitative estimate of drug-likeness (QED) is 0.713. The van der Waals surface area contributed by atoms with E-state index < -0.39 is 0 Å². The van der Waals surface area contributed by atoms with Crippen LogP contribution < -0.4 is 4.90 Å². The Morgan fingerprint density at radius 3 is 2.83 bits per heavy atom. The van der Waals surface area contributed by atoms with Gasteiger partial charge in [0.1, 0.15) is 11.0 Å². The molecule has 0 bridgehead atoms. The lowest BCUT2D eigenvalue weighted by Gasteiger charge is -2.36. The Kier molecular flexibility index (Phi) is 2.96. The minimum atomic E-state index is 0.450. The van der Waals surface area contributed by atoms with Gasteiger partial charge < -0.3 is 4.90 Å². The number of halogens is 1. The van der Waals surface area contributed by atoms with Gasteiger partial charge in [-0.05, 0) is 43.5 Å². The lowest BCUT2D eigenvalue weighted by atomic mass is 9.96. The van der Waals surface area contributed by atoms with Gasteiger partial charge in [-0.25, -0.2) is 4.98 Å². The van der Waals surface area contributed by atoms with Crippen molar-refractivity contribution in [2.24, 2.45) is 0 Å². The average Bonchev–Trinajstić information content (AvgIpc) is 2.38. The lowest BCUT2D eigenvalue weighted by molar-refractivity contribution is 0.613. The molecule has 1 aliphatic heterocycles. The molecule has 1 aromatic carbocycles. The molecule has 0 amide bonds. The van der Waals surface area contributed by atoms with Crippen LogP contribution in [0.4, 0.5) is 11.5 Å². The summed E-state index contributed by atoms with van der Waals surface area (Å²) in [4.78, 5) is 6.72. The zero-order valence-electron chi connectivity index (χ0n) is 10.3. The van der Waals surface area contributed by atoms with Gasteiger partial charge in [0.05, 0.1) is 0 Å². The number of hydrogen-bond donors (Lipinski definition) is 0. The van der Waals surface area contributed by atoms with Crippen LogP contribution in [0.15, 0.2) is 42.5 Å². The number of anilines is 2. The fourth-order valence-corrected chi connectivity index (χ4v) is 2.73. The van der Waals surface area contributed by atoms with Crippen LogP contribution in [0, 0.1) is 0 Å². The van der Waals surface area contributed by atoms with Gasteiger partial charge in [0.2, 0.25) is 0 Å². The number of pyridine rings is 1. The Balaban J connectivity index is 2.10. The predicted octanol–water partition coefficient (Wildman–Crippen LogP) is 4.21. The molecule has 0 radical (unpaired) electrons. The first-order chi connectivity index (χ1) is 8.75. The van der Waals surface area contributed by atoms with Crippen molar-refractivity contribution in [2.75, 3.05) is 4.90 Å². The zero-order valence-corrected chi connectivity index (χ0v) is 11.1. The van der Waals surface area contributed by atoms with Crippen molar-refractivity contribution in [3.63, 3.8) is 0 Å².